The highest BCUT2D eigenvalue weighted by Crippen LogP contribution is 2.78. The van der Waals surface area contributed by atoms with Gasteiger partial charge in [0, 0.05) is 23.2 Å². The molecule has 3 saturated heterocycles. The van der Waals surface area contributed by atoms with Crippen LogP contribution in [0.3, 0.4) is 0 Å². The number of rotatable bonds is 3. The third kappa shape index (κ3) is 2.71. The number of Topliss-reactive ketones (excluding diaryl/α,β-unsaturated/α-hetero) is 1. The number of cyclic esters (lactones) is 2. The van der Waals surface area contributed by atoms with Gasteiger partial charge in [-0.1, -0.05) is 13.8 Å². The monoisotopic (exact) mass is 518 g/mol. The van der Waals surface area contributed by atoms with E-state index in [-0.39, 0.29) is 42.0 Å². The van der Waals surface area contributed by atoms with E-state index in [0.29, 0.717) is 12.8 Å². The molecule has 0 radical (unpaired) electrons. The van der Waals surface area contributed by atoms with Crippen molar-refractivity contribution in [3.8, 4) is 0 Å². The smallest absolute Gasteiger partial charge is 0.340 e. The molecule has 202 valence electrons. The van der Waals surface area contributed by atoms with Gasteiger partial charge in [0.15, 0.2) is 6.10 Å². The van der Waals surface area contributed by atoms with Crippen LogP contribution < -0.4 is 0 Å². The average molecular weight is 519 g/mol. The van der Waals surface area contributed by atoms with Crippen LogP contribution in [0, 0.1) is 28.1 Å². The topological polar surface area (TPSA) is 138 Å². The molecule has 10 nitrogen and oxygen atoms in total. The zero-order valence-corrected chi connectivity index (χ0v) is 22.0. The first kappa shape index (κ1) is 25.0. The molecule has 0 amide bonds. The maximum absolute atomic E-state index is 14.3. The van der Waals surface area contributed by atoms with Gasteiger partial charge in [-0.25, -0.2) is 9.59 Å². The molecule has 0 bridgehead atoms. The van der Waals surface area contributed by atoms with Crippen molar-refractivity contribution in [1.29, 1.82) is 0 Å². The van der Waals surface area contributed by atoms with Crippen LogP contribution in [-0.4, -0.2) is 71.7 Å². The summed E-state index contributed by atoms with van der Waals surface area (Å²) in [5.74, 6) is -2.19. The summed E-state index contributed by atoms with van der Waals surface area (Å²) in [6.45, 7) is 9.79. The summed E-state index contributed by atoms with van der Waals surface area (Å²) in [5, 5.41) is 9.91. The van der Waals surface area contributed by atoms with Crippen molar-refractivity contribution in [1.82, 2.24) is 0 Å². The average Bonchev–Trinajstić information content (AvgIpc) is 3.47. The van der Waals surface area contributed by atoms with Gasteiger partial charge in [-0.2, -0.15) is 0 Å². The number of hydrogen-bond donors (Lipinski definition) is 1. The molecule has 0 unspecified atom stereocenters. The van der Waals surface area contributed by atoms with Gasteiger partial charge < -0.3 is 28.8 Å². The molecule has 10 heteroatoms. The van der Waals surface area contributed by atoms with Gasteiger partial charge in [0.25, 0.3) is 0 Å². The minimum atomic E-state index is -1.42. The Balaban J connectivity index is 1.48. The van der Waals surface area contributed by atoms with Crippen LogP contribution in [-0.2, 0) is 42.9 Å². The number of aliphatic hydroxyl groups excluding tert-OH is 1. The number of carbonyl (C=O) groups excluding carboxylic acids is 4. The number of aliphatic hydroxyl groups is 1. The summed E-state index contributed by atoms with van der Waals surface area (Å²) in [4.78, 5) is 52.4. The molecule has 2 aliphatic carbocycles. The molecule has 0 aromatic heterocycles. The van der Waals surface area contributed by atoms with Crippen LogP contribution in [0.25, 0.3) is 0 Å². The number of ether oxygens (including phenoxy) is 5. The second-order valence-electron chi connectivity index (χ2n) is 12.7. The molecule has 5 fully saturated rings. The molecular weight excluding hydrogens is 484 g/mol. The molecular formula is C27H34O10. The fourth-order valence-corrected chi connectivity index (χ4v) is 9.34. The molecule has 10 atom stereocenters. The van der Waals surface area contributed by atoms with Crippen LogP contribution in [0.1, 0.15) is 60.3 Å². The first-order chi connectivity index (χ1) is 17.2. The fraction of sp³-hybridized carbons (Fsp3) is 0.778. The van der Waals surface area contributed by atoms with Crippen molar-refractivity contribution in [2.75, 3.05) is 7.11 Å². The van der Waals surface area contributed by atoms with E-state index in [2.05, 4.69) is 6.92 Å². The number of epoxide rings is 1. The van der Waals surface area contributed by atoms with Crippen molar-refractivity contribution < 1.29 is 48.0 Å². The van der Waals surface area contributed by atoms with E-state index < -0.39 is 64.0 Å². The highest BCUT2D eigenvalue weighted by molar-refractivity contribution is 5.96. The van der Waals surface area contributed by atoms with Crippen LogP contribution in [0.5, 0.6) is 0 Å². The summed E-state index contributed by atoms with van der Waals surface area (Å²) in [5.41, 5.74) is -4.38. The lowest BCUT2D eigenvalue weighted by Gasteiger charge is -2.64. The first-order valence-electron chi connectivity index (χ1n) is 13.0. The summed E-state index contributed by atoms with van der Waals surface area (Å²) < 4.78 is 28.4. The zero-order valence-electron chi connectivity index (χ0n) is 22.0. The van der Waals surface area contributed by atoms with Crippen LogP contribution in [0.4, 0.5) is 0 Å². The lowest BCUT2D eigenvalue weighted by Crippen LogP contribution is -2.72. The Hall–Kier alpha value is -2.30. The Labute approximate surface area is 215 Å². The molecule has 4 aliphatic heterocycles. The van der Waals surface area contributed by atoms with Crippen LogP contribution >= 0.6 is 0 Å². The van der Waals surface area contributed by atoms with Gasteiger partial charge in [0.1, 0.15) is 17.5 Å². The van der Waals surface area contributed by atoms with E-state index in [1.807, 2.05) is 27.7 Å². The third-order valence-corrected chi connectivity index (χ3v) is 11.0. The SMILES string of the molecule is COC(=O)C[C@@H]1OC(C)(C)[C@H]2CC(=O)[C@]3(C)[C@@H](CC[C@@]4(C)[C@H](C5=C[C@@H](O)OC5=O)OC(=O)[C@H]5O[C@]543)[C@@]12C. The summed E-state index contributed by atoms with van der Waals surface area (Å²) in [6.07, 6.45) is -1.28. The van der Waals surface area contributed by atoms with Crippen molar-refractivity contribution in [2.24, 2.45) is 28.1 Å². The van der Waals surface area contributed by atoms with E-state index in [0.717, 1.165) is 0 Å². The predicted octanol–water partition coefficient (Wildman–Crippen LogP) is 1.61. The molecule has 1 spiro atoms. The molecule has 0 aromatic carbocycles. The van der Waals surface area contributed by atoms with E-state index >= 15 is 0 Å². The number of hydrogen-bond acceptors (Lipinski definition) is 10. The summed E-state index contributed by atoms with van der Waals surface area (Å²) in [6, 6.07) is 0. The van der Waals surface area contributed by atoms with Gasteiger partial charge in [0.2, 0.25) is 6.29 Å². The Kier molecular flexibility index (Phi) is 4.87. The Morgan fingerprint density at radius 2 is 1.76 bits per heavy atom. The van der Waals surface area contributed by atoms with Crippen molar-refractivity contribution >= 4 is 23.7 Å². The largest absolute Gasteiger partial charge is 0.469 e. The van der Waals surface area contributed by atoms with Gasteiger partial charge in [0.05, 0.1) is 36.2 Å². The second-order valence-corrected chi connectivity index (χ2v) is 12.7. The number of fused-ring (bicyclic) bond motifs is 3. The molecule has 1 N–H and O–H groups in total. The molecule has 2 saturated carbocycles. The fourth-order valence-electron chi connectivity index (χ4n) is 9.34. The summed E-state index contributed by atoms with van der Waals surface area (Å²) >= 11 is 0. The quantitative estimate of drug-likeness (QED) is 0.333. The lowest BCUT2D eigenvalue weighted by molar-refractivity contribution is -0.205. The standard InChI is InChI=1S/C27H34O10/c1-23(2)14-10-15(28)26(5)13(25(14,4)16(36-23)11-17(29)33-6)7-8-24(3)19(12-9-18(30)34-21(12)31)35-22(32)20-27(24,26)37-20/h9,13-14,16,18-20,30H,7-8,10-11H2,1-6H3/t13-,14+,16-,18-,19-,20+,24-,25+,26-,27+/m0/s1. The molecule has 6 rings (SSSR count). The molecule has 4 heterocycles. The first-order valence-corrected chi connectivity index (χ1v) is 13.0. The Bertz CT molecular complexity index is 1160. The van der Waals surface area contributed by atoms with Crippen molar-refractivity contribution in [3.05, 3.63) is 11.6 Å². The Morgan fingerprint density at radius 3 is 2.38 bits per heavy atom. The normalized spacial score (nSPS) is 51.1. The van der Waals surface area contributed by atoms with Crippen molar-refractivity contribution in [2.45, 2.75) is 96.1 Å². The van der Waals surface area contributed by atoms with Gasteiger partial charge in [-0.15, -0.1) is 0 Å². The highest BCUT2D eigenvalue weighted by atomic mass is 16.7. The maximum Gasteiger partial charge on any atom is 0.340 e. The maximum atomic E-state index is 14.3. The van der Waals surface area contributed by atoms with E-state index in [1.54, 1.807) is 0 Å². The van der Waals surface area contributed by atoms with Crippen molar-refractivity contribution in [3.63, 3.8) is 0 Å². The van der Waals surface area contributed by atoms with Gasteiger partial charge in [-0.3, -0.25) is 9.59 Å². The second kappa shape index (κ2) is 7.21. The van der Waals surface area contributed by atoms with E-state index in [1.165, 1.54) is 13.2 Å². The highest BCUT2D eigenvalue weighted by Gasteiger charge is 2.89. The van der Waals surface area contributed by atoms with Crippen LogP contribution in [0.15, 0.2) is 11.6 Å². The number of methoxy groups -OCH3 is 1. The number of ketones is 1. The van der Waals surface area contributed by atoms with E-state index in [9.17, 15) is 24.3 Å². The van der Waals surface area contributed by atoms with Gasteiger partial charge >= 0.3 is 17.9 Å². The minimum Gasteiger partial charge on any atom is -0.469 e. The number of carbonyl (C=O) groups is 4. The lowest BCUT2D eigenvalue weighted by atomic mass is 9.37. The predicted molar refractivity (Wildman–Crippen MR) is 123 cm³/mol. The molecule has 37 heavy (non-hydrogen) atoms. The Morgan fingerprint density at radius 1 is 1.05 bits per heavy atom. The molecule has 0 aromatic rings. The summed E-state index contributed by atoms with van der Waals surface area (Å²) in [7, 11) is 1.35. The molecule has 6 aliphatic rings. The zero-order chi connectivity index (χ0) is 26.9. The van der Waals surface area contributed by atoms with E-state index in [4.69, 9.17) is 23.7 Å². The third-order valence-electron chi connectivity index (χ3n) is 11.0. The van der Waals surface area contributed by atoms with Crippen LogP contribution in [0.2, 0.25) is 0 Å². The number of esters is 3. The van der Waals surface area contributed by atoms with Gasteiger partial charge in [-0.05, 0) is 45.6 Å². The minimum absolute atomic E-state index is 0.0137.